The topological polar surface area (TPSA) is 154 Å². The van der Waals surface area contributed by atoms with Crippen molar-refractivity contribution < 1.29 is 19.7 Å². The van der Waals surface area contributed by atoms with Crippen LogP contribution < -0.4 is 29.9 Å². The van der Waals surface area contributed by atoms with Crippen molar-refractivity contribution in [2.75, 3.05) is 115 Å². The second kappa shape index (κ2) is 22.2. The Morgan fingerprint density at radius 1 is 0.608 bits per heavy atom. The Hall–Kier alpha value is -5.20. The number of ether oxygens (including phenoxy) is 2. The van der Waals surface area contributed by atoms with Gasteiger partial charge in [0.1, 0.15) is 35.3 Å². The number of methoxy groups -OCH3 is 2. The number of anilines is 4. The maximum Gasteiger partial charge on any atom is 0.228 e. The number of aliphatic hydroxyl groups excluding tert-OH is 2. The molecule has 2 aromatic heterocycles. The molecular weight excluding hydrogens is 929 g/mol. The van der Waals surface area contributed by atoms with Gasteiger partial charge in [-0.3, -0.25) is 0 Å². The normalized spacial score (nSPS) is 25.0. The van der Waals surface area contributed by atoms with Crippen molar-refractivity contribution in [1.29, 1.82) is 0 Å². The average molecular weight is 1010 g/mol. The van der Waals surface area contributed by atoms with E-state index in [1.54, 1.807) is 14.2 Å². The number of benzene rings is 2. The molecule has 0 amide bonds. The van der Waals surface area contributed by atoms with Crippen molar-refractivity contribution in [3.63, 3.8) is 0 Å². The third-order valence-corrected chi connectivity index (χ3v) is 17.0. The van der Waals surface area contributed by atoms with Crippen LogP contribution in [0.4, 0.5) is 23.5 Å². The maximum atomic E-state index is 12.8. The zero-order valence-corrected chi connectivity index (χ0v) is 45.7. The minimum atomic E-state index is -1.07. The summed E-state index contributed by atoms with van der Waals surface area (Å²) in [6.45, 7) is 16.3. The summed E-state index contributed by atoms with van der Waals surface area (Å²) in [7, 11) is 11.6. The van der Waals surface area contributed by atoms with E-state index in [0.717, 1.165) is 135 Å². The van der Waals surface area contributed by atoms with E-state index in [9.17, 15) is 10.2 Å². The Balaban J connectivity index is 0.973. The number of piperidine rings is 4. The molecule has 4 aliphatic heterocycles. The molecule has 0 radical (unpaired) electrons. The number of aromatic nitrogens is 4. The minimum absolute atomic E-state index is 0.219. The number of nitrogens with zero attached hydrogens (tertiary/aromatic N) is 10. The van der Waals surface area contributed by atoms with Crippen LogP contribution in [0.2, 0.25) is 0 Å². The van der Waals surface area contributed by atoms with Gasteiger partial charge in [-0.2, -0.15) is 9.97 Å². The van der Waals surface area contributed by atoms with Gasteiger partial charge < -0.3 is 59.7 Å². The summed E-state index contributed by atoms with van der Waals surface area (Å²) in [4.78, 5) is 35.0. The van der Waals surface area contributed by atoms with Gasteiger partial charge in [-0.15, -0.1) is 0 Å². The third-order valence-electron chi connectivity index (χ3n) is 17.0. The van der Waals surface area contributed by atoms with E-state index in [-0.39, 0.29) is 36.0 Å². The zero-order valence-electron chi connectivity index (χ0n) is 45.7. The molecule has 0 spiro atoms. The molecule has 2 aromatic carbocycles. The number of hydrogen-bond acceptors (Lipinski definition) is 16. The van der Waals surface area contributed by atoms with Gasteiger partial charge in [0.05, 0.1) is 48.5 Å². The lowest BCUT2D eigenvalue weighted by atomic mass is 9.93. The first-order chi connectivity index (χ1) is 35.7. The molecule has 6 aliphatic rings. The van der Waals surface area contributed by atoms with E-state index in [0.29, 0.717) is 60.4 Å². The number of aliphatic hydroxyl groups is 2. The molecule has 6 fully saturated rings. The summed E-state index contributed by atoms with van der Waals surface area (Å²) in [6.07, 6.45) is 5.35. The fourth-order valence-corrected chi connectivity index (χ4v) is 12.4. The molecule has 0 bridgehead atoms. The van der Waals surface area contributed by atoms with Crippen LogP contribution in [-0.2, 0) is 0 Å². The fourth-order valence-electron chi connectivity index (χ4n) is 12.4. The minimum Gasteiger partial charge on any atom is -0.495 e. The summed E-state index contributed by atoms with van der Waals surface area (Å²) in [5.74, 6) is 18.7. The smallest absolute Gasteiger partial charge is 0.228 e. The molecular formula is C58H82N12O4. The van der Waals surface area contributed by atoms with E-state index < -0.39 is 12.2 Å². The van der Waals surface area contributed by atoms with Crippen molar-refractivity contribution >= 4 is 45.3 Å². The van der Waals surface area contributed by atoms with E-state index in [4.69, 9.17) is 29.4 Å². The average Bonchev–Trinajstić information content (AvgIpc) is 4.27. The third kappa shape index (κ3) is 11.2. The Bertz CT molecular complexity index is 2580. The molecule has 16 nitrogen and oxygen atoms in total. The number of rotatable bonds is 17. The van der Waals surface area contributed by atoms with Crippen LogP contribution in [-0.4, -0.2) is 193 Å². The van der Waals surface area contributed by atoms with E-state index in [2.05, 4.69) is 120 Å². The molecule has 4 N–H and O–H groups in total. The molecule has 398 valence electrons. The Labute approximate surface area is 439 Å². The first-order valence-electron chi connectivity index (χ1n) is 27.6. The molecule has 2 unspecified atom stereocenters. The molecule has 2 aliphatic carbocycles. The van der Waals surface area contributed by atoms with Crippen LogP contribution >= 0.6 is 0 Å². The van der Waals surface area contributed by atoms with Gasteiger partial charge in [0, 0.05) is 100 Å². The summed E-state index contributed by atoms with van der Waals surface area (Å²) in [5.41, 5.74) is 3.11. The summed E-state index contributed by atoms with van der Waals surface area (Å²) >= 11 is 0. The van der Waals surface area contributed by atoms with Crippen molar-refractivity contribution in [3.05, 3.63) is 35.4 Å². The second-order valence-corrected chi connectivity index (χ2v) is 23.3. The van der Waals surface area contributed by atoms with Crippen molar-refractivity contribution in [2.45, 2.75) is 128 Å². The monoisotopic (exact) mass is 1010 g/mol. The van der Waals surface area contributed by atoms with Gasteiger partial charge >= 0.3 is 0 Å². The highest BCUT2D eigenvalue weighted by atomic mass is 16.5. The molecule has 6 heterocycles. The second-order valence-electron chi connectivity index (χ2n) is 23.3. The molecule has 4 aromatic rings. The van der Waals surface area contributed by atoms with Gasteiger partial charge in [-0.1, -0.05) is 23.7 Å². The quantitative estimate of drug-likeness (QED) is 0.0937. The van der Waals surface area contributed by atoms with Crippen LogP contribution in [0.25, 0.3) is 21.8 Å². The highest BCUT2D eigenvalue weighted by Gasteiger charge is 2.61. The highest BCUT2D eigenvalue weighted by molar-refractivity contribution is 5.94. The standard InChI is InChI=1S/C58H82N12O4/c1-35(2)67-23-17-41(18-24-67)59-55-45-31-49(73-9)37(15-11-13-21-65(5)6)29-47(45)61-57(63-55)69-33-39-27-43(39)51(69)53(71)54(72)52-44-28-40(44)34-70(52)58-62-48-30-38(16-12-14-22-66(7)8)50(74-10)32-46(48)56(64-58)60-42-19-25-68(26-20-42)36(3)4/h29-32,35-36,39-44,51-54,71-72H,13-14,17-28,33-34H2,1-10H3,(H,59,61,63)(H,60,62,64)/t39-,40-,43-,44-,51+,52+,53?,54?/m0/s1. The highest BCUT2D eigenvalue weighted by Crippen LogP contribution is 2.55. The van der Waals surface area contributed by atoms with E-state index in [1.165, 1.54) is 0 Å². The van der Waals surface area contributed by atoms with Gasteiger partial charge in [0.25, 0.3) is 0 Å². The van der Waals surface area contributed by atoms with Gasteiger partial charge in [-0.25, -0.2) is 9.97 Å². The molecule has 74 heavy (non-hydrogen) atoms. The largest absolute Gasteiger partial charge is 0.495 e. The zero-order chi connectivity index (χ0) is 51.9. The maximum absolute atomic E-state index is 12.8. The molecule has 10 rings (SSSR count). The summed E-state index contributed by atoms with van der Waals surface area (Å²) in [6, 6.07) is 8.88. The molecule has 8 atom stereocenters. The summed E-state index contributed by atoms with van der Waals surface area (Å²) < 4.78 is 11.9. The number of likely N-dealkylation sites (tertiary alicyclic amines) is 2. The Morgan fingerprint density at radius 3 is 1.35 bits per heavy atom. The van der Waals surface area contributed by atoms with Crippen LogP contribution in [0.5, 0.6) is 11.5 Å². The fraction of sp³-hybridized carbons (Fsp3) is 0.655. The number of hydrogen-bond donors (Lipinski definition) is 4. The van der Waals surface area contributed by atoms with Crippen LogP contribution in [0, 0.1) is 47.4 Å². The summed E-state index contributed by atoms with van der Waals surface area (Å²) in [5, 5.41) is 35.1. The Kier molecular flexibility index (Phi) is 15.7. The predicted octanol–water partition coefficient (Wildman–Crippen LogP) is 5.84. The first-order valence-corrected chi connectivity index (χ1v) is 27.6. The van der Waals surface area contributed by atoms with Crippen LogP contribution in [0.1, 0.15) is 90.2 Å². The van der Waals surface area contributed by atoms with E-state index >= 15 is 0 Å². The van der Waals surface area contributed by atoms with Crippen LogP contribution in [0.15, 0.2) is 24.3 Å². The van der Waals surface area contributed by atoms with Crippen molar-refractivity contribution in [3.8, 4) is 35.2 Å². The van der Waals surface area contributed by atoms with Gasteiger partial charge in [0.2, 0.25) is 11.9 Å². The first kappa shape index (κ1) is 52.3. The number of nitrogens with one attached hydrogen (secondary N) is 2. The number of fused-ring (bicyclic) bond motifs is 4. The lowest BCUT2D eigenvalue weighted by Gasteiger charge is -2.39. The van der Waals surface area contributed by atoms with E-state index in [1.807, 2.05) is 24.3 Å². The lowest BCUT2D eigenvalue weighted by Crippen LogP contribution is -2.56. The van der Waals surface area contributed by atoms with Crippen LogP contribution in [0.3, 0.4) is 0 Å². The SMILES string of the molecule is COc1cc2c(NC3CCN(C(C)C)CC3)nc(N3C[C@@H]4C[C@@H]4[C@@H]3C(O)C(O)[C@H]3[C@H]4C[C@H]4CN3c3nc(NC4CCN(C(C)C)CC4)c4cc(OC)c(C#CCCN(C)C)cc4n3)nc2cc1C#CCCN(C)C. The van der Waals surface area contributed by atoms with Gasteiger partial charge in [0.15, 0.2) is 0 Å². The van der Waals surface area contributed by atoms with Crippen molar-refractivity contribution in [1.82, 2.24) is 39.5 Å². The lowest BCUT2D eigenvalue weighted by molar-refractivity contribution is -0.0160. The van der Waals surface area contributed by atoms with Gasteiger partial charge in [-0.05, 0) is 142 Å². The molecule has 2 saturated carbocycles. The predicted molar refractivity (Wildman–Crippen MR) is 296 cm³/mol. The Morgan fingerprint density at radius 2 is 1.00 bits per heavy atom. The van der Waals surface area contributed by atoms with Crippen molar-refractivity contribution in [2.24, 2.45) is 23.7 Å². The molecule has 16 heteroatoms. The molecule has 4 saturated heterocycles.